The molecule has 0 saturated carbocycles. The third-order valence-electron chi connectivity index (χ3n) is 3.88. The molecule has 4 aromatic rings. The molecule has 0 heterocycles. The summed E-state index contributed by atoms with van der Waals surface area (Å²) in [5.74, 6) is 0.212. The van der Waals surface area contributed by atoms with Crippen molar-refractivity contribution in [3.8, 4) is 11.5 Å². The Balaban J connectivity index is 0.000000301. The molecule has 4 aromatic carbocycles. The number of rotatable bonds is 4. The smallest absolute Gasteiger partial charge is 0.746 e. The molecule has 0 fully saturated rings. The van der Waals surface area contributed by atoms with E-state index >= 15 is 0 Å². The minimum atomic E-state index is -4.72. The van der Waals surface area contributed by atoms with E-state index in [0.717, 1.165) is 21.5 Å². The van der Waals surface area contributed by atoms with E-state index in [1.807, 2.05) is 48.5 Å². The van der Waals surface area contributed by atoms with Gasteiger partial charge in [-0.25, -0.2) is 0 Å². The van der Waals surface area contributed by atoms with E-state index in [1.165, 1.54) is 12.1 Å². The standard InChI is InChI=1S/2C10H9O4P.2Na/c2*11-15(12,13)14-10-6-5-8-3-1-2-4-9(8)7-10;;/h2*1-7H,(H2,11,12,13);;/q;;2*+1/p-2. The zero-order valence-corrected chi connectivity index (χ0v) is 23.1. The summed E-state index contributed by atoms with van der Waals surface area (Å²) in [5.41, 5.74) is 0. The van der Waals surface area contributed by atoms with Gasteiger partial charge in [0, 0.05) is 0 Å². The van der Waals surface area contributed by atoms with Crippen LogP contribution >= 0.6 is 15.6 Å². The minimum Gasteiger partial charge on any atom is -0.746 e. The average molecular weight is 492 g/mol. The Morgan fingerprint density at radius 2 is 0.875 bits per heavy atom. The molecular formula is C20H16Na2O8P2. The van der Waals surface area contributed by atoms with E-state index in [0.29, 0.717) is 0 Å². The van der Waals surface area contributed by atoms with Crippen LogP contribution in [-0.2, 0) is 9.13 Å². The van der Waals surface area contributed by atoms with Crippen LogP contribution in [0.15, 0.2) is 84.9 Å². The van der Waals surface area contributed by atoms with Crippen LogP contribution < -0.4 is 77.9 Å². The van der Waals surface area contributed by atoms with Crippen molar-refractivity contribution in [3.63, 3.8) is 0 Å². The summed E-state index contributed by atoms with van der Waals surface area (Å²) >= 11 is 0. The number of fused-ring (bicyclic) bond motifs is 2. The number of benzene rings is 4. The molecule has 0 radical (unpaired) electrons. The fraction of sp³-hybridized carbons (Fsp3) is 0. The first-order chi connectivity index (χ1) is 14.1. The van der Waals surface area contributed by atoms with Crippen molar-refractivity contribution < 1.29 is 96.9 Å². The molecule has 0 spiro atoms. The zero-order chi connectivity index (χ0) is 21.8. The van der Waals surface area contributed by atoms with E-state index < -0.39 is 15.6 Å². The topological polar surface area (TPSA) is 139 Å². The summed E-state index contributed by atoms with van der Waals surface area (Å²) in [7, 11) is -9.43. The molecule has 12 heteroatoms. The SMILES string of the molecule is O=P([O-])(O)Oc1ccc2ccccc2c1.O=P([O-])(O)Oc1ccc2ccccc2c1.[Na+].[Na+]. The van der Waals surface area contributed by atoms with Gasteiger partial charge in [-0.1, -0.05) is 60.7 Å². The van der Waals surface area contributed by atoms with Crippen molar-refractivity contribution in [2.45, 2.75) is 0 Å². The summed E-state index contributed by atoms with van der Waals surface area (Å²) in [4.78, 5) is 38.0. The Labute approximate surface area is 228 Å². The summed E-state index contributed by atoms with van der Waals surface area (Å²) in [6.07, 6.45) is 0. The van der Waals surface area contributed by atoms with Crippen molar-refractivity contribution in [2.75, 3.05) is 0 Å². The number of phosphoric ester groups is 2. The number of hydrogen-bond acceptors (Lipinski definition) is 6. The molecule has 0 saturated heterocycles. The van der Waals surface area contributed by atoms with Gasteiger partial charge in [-0.15, -0.1) is 0 Å². The maximum absolute atomic E-state index is 10.5. The van der Waals surface area contributed by atoms with Crippen LogP contribution in [0.1, 0.15) is 0 Å². The molecule has 156 valence electrons. The molecule has 0 aliphatic carbocycles. The Hall–Kier alpha value is -0.700. The van der Waals surface area contributed by atoms with Gasteiger partial charge in [0.25, 0.3) is 0 Å². The van der Waals surface area contributed by atoms with Crippen molar-refractivity contribution in [2.24, 2.45) is 0 Å². The van der Waals surface area contributed by atoms with Crippen LogP contribution in [0.3, 0.4) is 0 Å². The third-order valence-corrected chi connectivity index (χ3v) is 4.77. The summed E-state index contributed by atoms with van der Waals surface area (Å²) in [6.45, 7) is 0. The molecule has 2 atom stereocenters. The first-order valence-corrected chi connectivity index (χ1v) is 11.5. The zero-order valence-electron chi connectivity index (χ0n) is 17.3. The Morgan fingerprint density at radius 1 is 0.562 bits per heavy atom. The number of hydrogen-bond donors (Lipinski definition) is 2. The van der Waals surface area contributed by atoms with Gasteiger partial charge in [-0.2, -0.15) is 0 Å². The monoisotopic (exact) mass is 492 g/mol. The molecule has 0 bridgehead atoms. The van der Waals surface area contributed by atoms with Gasteiger partial charge in [0.2, 0.25) is 0 Å². The molecule has 0 aliphatic heterocycles. The Bertz CT molecular complexity index is 1170. The Kier molecular flexibility index (Phi) is 11.6. The van der Waals surface area contributed by atoms with Crippen LogP contribution in [0.4, 0.5) is 0 Å². The van der Waals surface area contributed by atoms with E-state index in [2.05, 4.69) is 9.05 Å². The van der Waals surface area contributed by atoms with Crippen molar-refractivity contribution >= 4 is 37.2 Å². The second kappa shape index (κ2) is 12.7. The quantitative estimate of drug-likeness (QED) is 0.233. The van der Waals surface area contributed by atoms with Gasteiger partial charge in [-0.05, 0) is 45.8 Å². The average Bonchev–Trinajstić information content (AvgIpc) is 2.66. The van der Waals surface area contributed by atoms with E-state index in [-0.39, 0.29) is 70.6 Å². The van der Waals surface area contributed by atoms with Crippen molar-refractivity contribution in [1.29, 1.82) is 0 Å². The van der Waals surface area contributed by atoms with Crippen molar-refractivity contribution in [3.05, 3.63) is 84.9 Å². The summed E-state index contributed by atoms with van der Waals surface area (Å²) < 4.78 is 29.7. The van der Waals surface area contributed by atoms with Crippen LogP contribution in [0.2, 0.25) is 0 Å². The predicted octanol–water partition coefficient (Wildman–Crippen LogP) is -2.63. The first kappa shape index (κ1) is 29.3. The molecule has 4 rings (SSSR count). The molecule has 32 heavy (non-hydrogen) atoms. The van der Waals surface area contributed by atoms with Gasteiger partial charge in [0.05, 0.1) is 0 Å². The van der Waals surface area contributed by atoms with Crippen molar-refractivity contribution in [1.82, 2.24) is 0 Å². The molecule has 0 aliphatic rings. The van der Waals surface area contributed by atoms with E-state index in [1.54, 1.807) is 24.3 Å². The molecule has 2 N–H and O–H groups in total. The van der Waals surface area contributed by atoms with Gasteiger partial charge in [0.1, 0.15) is 11.5 Å². The fourth-order valence-electron chi connectivity index (χ4n) is 2.71. The molecule has 0 amide bonds. The van der Waals surface area contributed by atoms with Gasteiger partial charge in [-0.3, -0.25) is 9.13 Å². The third kappa shape index (κ3) is 9.65. The second-order valence-electron chi connectivity index (χ2n) is 6.14. The maximum Gasteiger partial charge on any atom is 1.00 e. The summed E-state index contributed by atoms with van der Waals surface area (Å²) in [6, 6.07) is 24.4. The normalized spacial score (nSPS) is 13.9. The predicted molar refractivity (Wildman–Crippen MR) is 109 cm³/mol. The van der Waals surface area contributed by atoms with Gasteiger partial charge in [0.15, 0.2) is 0 Å². The molecular weight excluding hydrogens is 476 g/mol. The van der Waals surface area contributed by atoms with E-state index in [4.69, 9.17) is 9.79 Å². The van der Waals surface area contributed by atoms with E-state index in [9.17, 15) is 18.9 Å². The Morgan fingerprint density at radius 3 is 1.19 bits per heavy atom. The van der Waals surface area contributed by atoms with Crippen LogP contribution in [0, 0.1) is 0 Å². The maximum atomic E-state index is 10.5. The molecule has 8 nitrogen and oxygen atoms in total. The first-order valence-electron chi connectivity index (χ1n) is 8.53. The largest absolute Gasteiger partial charge is 1.00 e. The van der Waals surface area contributed by atoms with Crippen LogP contribution in [0.5, 0.6) is 11.5 Å². The molecule has 2 unspecified atom stereocenters. The summed E-state index contributed by atoms with van der Waals surface area (Å²) in [5, 5.41) is 3.65. The van der Waals surface area contributed by atoms with Gasteiger partial charge < -0.3 is 28.6 Å². The van der Waals surface area contributed by atoms with Gasteiger partial charge >= 0.3 is 74.8 Å². The fourth-order valence-corrected chi connectivity index (χ4v) is 3.47. The van der Waals surface area contributed by atoms with Crippen LogP contribution in [-0.4, -0.2) is 9.79 Å². The van der Waals surface area contributed by atoms with Crippen LogP contribution in [0.25, 0.3) is 21.5 Å². The number of phosphoric acid groups is 2. The second-order valence-corrected chi connectivity index (χ2v) is 8.38. The molecule has 0 aromatic heterocycles. The minimum absolute atomic E-state index is 0.